The minimum atomic E-state index is -1.11. The topological polar surface area (TPSA) is 63.3 Å². The van der Waals surface area contributed by atoms with Crippen LogP contribution in [-0.4, -0.2) is 16.1 Å². The van der Waals surface area contributed by atoms with E-state index >= 15 is 0 Å². The van der Waals surface area contributed by atoms with Gasteiger partial charge >= 0.3 is 5.97 Å². The highest BCUT2D eigenvalue weighted by Gasteiger charge is 2.17. The number of aromatic nitrogens is 1. The highest BCUT2D eigenvalue weighted by molar-refractivity contribution is 7.14. The maximum Gasteiger partial charge on any atom is 0.358 e. The van der Waals surface area contributed by atoms with Crippen molar-refractivity contribution in [3.05, 3.63) is 27.9 Å². The Morgan fingerprint density at radius 2 is 2.43 bits per heavy atom. The highest BCUT2D eigenvalue weighted by Crippen LogP contribution is 2.30. The summed E-state index contributed by atoms with van der Waals surface area (Å²) in [5, 5.41) is 10.5. The number of hydrogen-bond acceptors (Lipinski definition) is 4. The number of aromatic carboxylic acids is 1. The Labute approximate surface area is 87.8 Å². The van der Waals surface area contributed by atoms with Crippen LogP contribution in [0.15, 0.2) is 22.3 Å². The summed E-state index contributed by atoms with van der Waals surface area (Å²) in [5.41, 5.74) is 0.536. The first kappa shape index (κ1) is 9.23. The van der Waals surface area contributed by atoms with E-state index in [2.05, 4.69) is 4.98 Å². The van der Waals surface area contributed by atoms with Crippen molar-refractivity contribution in [2.24, 2.45) is 0 Å². The number of oxazole rings is 1. The first-order chi connectivity index (χ1) is 6.68. The quantitative estimate of drug-likeness (QED) is 0.860. The van der Waals surface area contributed by atoms with Crippen molar-refractivity contribution in [2.75, 3.05) is 0 Å². The third kappa shape index (κ3) is 1.51. The number of hydrogen-bond donors (Lipinski definition) is 1. The molecule has 0 saturated heterocycles. The Hall–Kier alpha value is -1.33. The zero-order valence-electron chi connectivity index (χ0n) is 6.73. The summed E-state index contributed by atoms with van der Waals surface area (Å²) in [6, 6.07) is 1.64. The van der Waals surface area contributed by atoms with E-state index in [1.165, 1.54) is 11.3 Å². The molecule has 1 N–H and O–H groups in total. The standard InChI is InChI=1S/C8H4ClNO3S/c9-5-1-4(2-14-5)7-6(8(11)12)10-3-13-7/h1-3H,(H,11,12). The molecule has 0 aliphatic rings. The van der Waals surface area contributed by atoms with Gasteiger partial charge in [-0.1, -0.05) is 11.6 Å². The molecular weight excluding hydrogens is 226 g/mol. The molecule has 2 heterocycles. The van der Waals surface area contributed by atoms with Gasteiger partial charge in [0, 0.05) is 10.9 Å². The van der Waals surface area contributed by atoms with Gasteiger partial charge in [-0.2, -0.15) is 0 Å². The lowest BCUT2D eigenvalue weighted by atomic mass is 10.2. The second-order valence-electron chi connectivity index (χ2n) is 2.47. The maximum atomic E-state index is 10.7. The van der Waals surface area contributed by atoms with Crippen molar-refractivity contribution in [3.63, 3.8) is 0 Å². The summed E-state index contributed by atoms with van der Waals surface area (Å²) in [6.45, 7) is 0. The predicted molar refractivity (Wildman–Crippen MR) is 51.8 cm³/mol. The van der Waals surface area contributed by atoms with Gasteiger partial charge in [-0.25, -0.2) is 9.78 Å². The van der Waals surface area contributed by atoms with Gasteiger partial charge < -0.3 is 9.52 Å². The lowest BCUT2D eigenvalue weighted by Crippen LogP contribution is -1.97. The second kappa shape index (κ2) is 3.43. The fraction of sp³-hybridized carbons (Fsp3) is 0. The summed E-state index contributed by atoms with van der Waals surface area (Å²) < 4.78 is 5.56. The van der Waals surface area contributed by atoms with Gasteiger partial charge in [0.25, 0.3) is 0 Å². The van der Waals surface area contributed by atoms with Gasteiger partial charge in [0.1, 0.15) is 0 Å². The van der Waals surface area contributed by atoms with E-state index in [0.29, 0.717) is 9.90 Å². The van der Waals surface area contributed by atoms with Crippen LogP contribution in [0.2, 0.25) is 4.34 Å². The van der Waals surface area contributed by atoms with Gasteiger partial charge in [-0.15, -0.1) is 11.3 Å². The van der Waals surface area contributed by atoms with Crippen molar-refractivity contribution < 1.29 is 14.3 Å². The summed E-state index contributed by atoms with van der Waals surface area (Å²) >= 11 is 7.03. The molecule has 2 aromatic heterocycles. The molecule has 0 aliphatic heterocycles. The molecule has 0 fully saturated rings. The van der Waals surface area contributed by atoms with Crippen molar-refractivity contribution >= 4 is 28.9 Å². The van der Waals surface area contributed by atoms with Crippen LogP contribution in [0, 0.1) is 0 Å². The molecule has 72 valence electrons. The average Bonchev–Trinajstić information content (AvgIpc) is 2.70. The number of carboxylic acid groups (broad SMARTS) is 1. The van der Waals surface area contributed by atoms with Gasteiger partial charge in [0.15, 0.2) is 17.8 Å². The van der Waals surface area contributed by atoms with E-state index in [1.807, 2.05) is 0 Å². The Bertz CT molecular complexity index is 476. The molecule has 6 heteroatoms. The molecule has 0 atom stereocenters. The normalized spacial score (nSPS) is 10.4. The van der Waals surface area contributed by atoms with Gasteiger partial charge in [-0.05, 0) is 6.07 Å². The Kier molecular flexibility index (Phi) is 2.26. The van der Waals surface area contributed by atoms with Crippen LogP contribution >= 0.6 is 22.9 Å². The first-order valence-electron chi connectivity index (χ1n) is 3.59. The molecule has 0 bridgehead atoms. The number of carbonyl (C=O) groups is 1. The molecular formula is C8H4ClNO3S. The molecule has 0 amide bonds. The number of halogens is 1. The molecule has 0 unspecified atom stereocenters. The third-order valence-electron chi connectivity index (χ3n) is 1.60. The fourth-order valence-electron chi connectivity index (χ4n) is 1.03. The van der Waals surface area contributed by atoms with Crippen LogP contribution in [0.4, 0.5) is 0 Å². The first-order valence-corrected chi connectivity index (χ1v) is 4.85. The number of rotatable bonds is 2. The molecule has 14 heavy (non-hydrogen) atoms. The van der Waals surface area contributed by atoms with Crippen LogP contribution < -0.4 is 0 Å². The molecule has 0 aromatic carbocycles. The van der Waals surface area contributed by atoms with E-state index in [4.69, 9.17) is 21.1 Å². The molecule has 4 nitrogen and oxygen atoms in total. The molecule has 0 radical (unpaired) electrons. The molecule has 0 aliphatic carbocycles. The third-order valence-corrected chi connectivity index (χ3v) is 2.69. The van der Waals surface area contributed by atoms with Gasteiger partial charge in [0.05, 0.1) is 4.34 Å². The predicted octanol–water partition coefficient (Wildman–Crippen LogP) is 2.75. The second-order valence-corrected chi connectivity index (χ2v) is 4.02. The van der Waals surface area contributed by atoms with Crippen molar-refractivity contribution in [1.82, 2.24) is 4.98 Å². The van der Waals surface area contributed by atoms with Crippen LogP contribution in [0.1, 0.15) is 10.5 Å². The number of nitrogens with zero attached hydrogens (tertiary/aromatic N) is 1. The van der Waals surface area contributed by atoms with Gasteiger partial charge in [-0.3, -0.25) is 0 Å². The molecule has 2 rings (SSSR count). The number of thiophene rings is 1. The van der Waals surface area contributed by atoms with Crippen LogP contribution in [0.3, 0.4) is 0 Å². The highest BCUT2D eigenvalue weighted by atomic mass is 35.5. The minimum Gasteiger partial charge on any atom is -0.476 e. The maximum absolute atomic E-state index is 10.7. The van der Waals surface area contributed by atoms with E-state index in [0.717, 1.165) is 6.39 Å². The molecule has 0 saturated carbocycles. The van der Waals surface area contributed by atoms with Crippen LogP contribution in [-0.2, 0) is 0 Å². The monoisotopic (exact) mass is 229 g/mol. The summed E-state index contributed by atoms with van der Waals surface area (Å²) in [7, 11) is 0. The Morgan fingerprint density at radius 3 is 3.00 bits per heavy atom. The lowest BCUT2D eigenvalue weighted by molar-refractivity contribution is 0.0691. The smallest absolute Gasteiger partial charge is 0.358 e. The Morgan fingerprint density at radius 1 is 1.64 bits per heavy atom. The zero-order valence-corrected chi connectivity index (χ0v) is 8.30. The molecule has 0 spiro atoms. The largest absolute Gasteiger partial charge is 0.476 e. The Balaban J connectivity index is 2.51. The van der Waals surface area contributed by atoms with Gasteiger partial charge in [0.2, 0.25) is 0 Å². The number of carboxylic acids is 1. The van der Waals surface area contributed by atoms with Crippen LogP contribution in [0.25, 0.3) is 11.3 Å². The lowest BCUT2D eigenvalue weighted by Gasteiger charge is -1.91. The van der Waals surface area contributed by atoms with E-state index < -0.39 is 5.97 Å². The van der Waals surface area contributed by atoms with E-state index in [-0.39, 0.29) is 11.5 Å². The van der Waals surface area contributed by atoms with Crippen LogP contribution in [0.5, 0.6) is 0 Å². The van der Waals surface area contributed by atoms with Crippen molar-refractivity contribution in [3.8, 4) is 11.3 Å². The fourth-order valence-corrected chi connectivity index (χ4v) is 1.89. The molecule has 2 aromatic rings. The SMILES string of the molecule is O=C(O)c1ncoc1-c1csc(Cl)c1. The average molecular weight is 230 g/mol. The summed E-state index contributed by atoms with van der Waals surface area (Å²) in [5.74, 6) is -0.878. The van der Waals surface area contributed by atoms with E-state index in [1.54, 1.807) is 11.4 Å². The zero-order chi connectivity index (χ0) is 10.1. The summed E-state index contributed by atoms with van der Waals surface area (Å²) in [6.07, 6.45) is 1.10. The van der Waals surface area contributed by atoms with E-state index in [9.17, 15) is 4.79 Å². The van der Waals surface area contributed by atoms with Crippen molar-refractivity contribution in [1.29, 1.82) is 0 Å². The summed E-state index contributed by atoms with van der Waals surface area (Å²) in [4.78, 5) is 14.3. The minimum absolute atomic E-state index is 0.0977. The van der Waals surface area contributed by atoms with Crippen molar-refractivity contribution in [2.45, 2.75) is 0 Å².